The molecule has 0 aliphatic heterocycles. The first-order chi connectivity index (χ1) is 13.3. The number of hydrogen-bond donors (Lipinski definition) is 0. The maximum atomic E-state index is 6.25. The van der Waals surface area contributed by atoms with Crippen molar-refractivity contribution in [2.45, 2.75) is 38.0 Å². The monoisotopic (exact) mass is 353 g/mol. The van der Waals surface area contributed by atoms with Gasteiger partial charge in [0.2, 0.25) is 0 Å². The molecule has 1 aliphatic rings. The molecule has 134 valence electrons. The Labute approximate surface area is 158 Å². The van der Waals surface area contributed by atoms with Crippen molar-refractivity contribution in [3.8, 4) is 0 Å². The molecule has 1 saturated carbocycles. The van der Waals surface area contributed by atoms with Crippen LogP contribution in [0, 0.1) is 0 Å². The van der Waals surface area contributed by atoms with Gasteiger partial charge in [-0.3, -0.25) is 0 Å². The fourth-order valence-corrected chi connectivity index (χ4v) is 5.22. The molecule has 27 heavy (non-hydrogen) atoms. The van der Waals surface area contributed by atoms with Crippen LogP contribution in [0.1, 0.15) is 43.6 Å². The summed E-state index contributed by atoms with van der Waals surface area (Å²) in [6.07, 6.45) is 6.77. The number of hydrogen-bond acceptors (Lipinski definition) is 1. The van der Waals surface area contributed by atoms with Gasteiger partial charge in [-0.2, -0.15) is 0 Å². The molecule has 2 heteroatoms. The number of aromatic nitrogens is 1. The van der Waals surface area contributed by atoms with Crippen LogP contribution in [0.15, 0.2) is 59.0 Å². The first-order valence-electron chi connectivity index (χ1n) is 10.1. The number of furan rings is 1. The Balaban J connectivity index is 1.72. The summed E-state index contributed by atoms with van der Waals surface area (Å²) in [6, 6.07) is 19.9. The highest BCUT2D eigenvalue weighted by atomic mass is 16.3. The van der Waals surface area contributed by atoms with Gasteiger partial charge in [0.25, 0.3) is 0 Å². The second-order valence-electron chi connectivity index (χ2n) is 8.10. The molecule has 1 fully saturated rings. The predicted molar refractivity (Wildman–Crippen MR) is 114 cm³/mol. The van der Waals surface area contributed by atoms with Crippen molar-refractivity contribution in [1.29, 1.82) is 0 Å². The van der Waals surface area contributed by atoms with Crippen molar-refractivity contribution in [2.75, 3.05) is 0 Å². The van der Waals surface area contributed by atoms with E-state index in [0.717, 1.165) is 11.2 Å². The van der Waals surface area contributed by atoms with E-state index in [1.165, 1.54) is 70.2 Å². The summed E-state index contributed by atoms with van der Waals surface area (Å²) in [5.74, 6) is 0.708. The molecule has 2 heterocycles. The van der Waals surface area contributed by atoms with Gasteiger partial charge in [0.15, 0.2) is 0 Å². The molecule has 2 nitrogen and oxygen atoms in total. The van der Waals surface area contributed by atoms with E-state index in [-0.39, 0.29) is 0 Å². The predicted octanol–water partition coefficient (Wildman–Crippen LogP) is 7.28. The van der Waals surface area contributed by atoms with E-state index in [4.69, 9.17) is 4.42 Å². The molecule has 2 aromatic heterocycles. The van der Waals surface area contributed by atoms with Crippen molar-refractivity contribution in [1.82, 2.24) is 4.57 Å². The molecule has 0 unspecified atom stereocenters. The second kappa shape index (κ2) is 5.63. The summed E-state index contributed by atoms with van der Waals surface area (Å²) in [6.45, 7) is 0. The van der Waals surface area contributed by atoms with Crippen LogP contribution in [-0.2, 0) is 7.05 Å². The highest BCUT2D eigenvalue weighted by molar-refractivity contribution is 6.26. The third-order valence-corrected chi connectivity index (χ3v) is 6.61. The molecule has 0 N–H and O–H groups in total. The van der Waals surface area contributed by atoms with Gasteiger partial charge in [-0.05, 0) is 54.7 Å². The summed E-state index contributed by atoms with van der Waals surface area (Å²) in [5, 5.41) is 5.18. The van der Waals surface area contributed by atoms with Crippen molar-refractivity contribution >= 4 is 43.7 Å². The summed E-state index contributed by atoms with van der Waals surface area (Å²) >= 11 is 0. The van der Waals surface area contributed by atoms with E-state index in [1.54, 1.807) is 0 Å². The number of rotatable bonds is 1. The average molecular weight is 353 g/mol. The summed E-state index contributed by atoms with van der Waals surface area (Å²) in [5.41, 5.74) is 6.04. The summed E-state index contributed by atoms with van der Waals surface area (Å²) < 4.78 is 8.55. The standard InChI is InChI=1S/C25H23NO/c1-26-20-10-6-5-9-18(20)24-21(26)12-14-23-25(24)19-15-17(11-13-22(19)27-23)16-7-3-2-4-8-16/h5-6,9-16H,2-4,7-8H2,1H3. The zero-order valence-electron chi connectivity index (χ0n) is 15.7. The summed E-state index contributed by atoms with van der Waals surface area (Å²) in [7, 11) is 2.16. The Kier molecular flexibility index (Phi) is 3.19. The first-order valence-corrected chi connectivity index (χ1v) is 10.1. The molecule has 0 atom stereocenters. The van der Waals surface area contributed by atoms with E-state index >= 15 is 0 Å². The smallest absolute Gasteiger partial charge is 0.136 e. The van der Waals surface area contributed by atoms with E-state index in [1.807, 2.05) is 0 Å². The summed E-state index contributed by atoms with van der Waals surface area (Å²) in [4.78, 5) is 0. The minimum Gasteiger partial charge on any atom is -0.456 e. The molecule has 5 aromatic rings. The Hall–Kier alpha value is -2.74. The minimum atomic E-state index is 0.708. The van der Waals surface area contributed by atoms with Crippen LogP contribution < -0.4 is 0 Å². The Morgan fingerprint density at radius 2 is 1.59 bits per heavy atom. The van der Waals surface area contributed by atoms with E-state index in [2.05, 4.69) is 66.2 Å². The third kappa shape index (κ3) is 2.13. The number of para-hydroxylation sites is 1. The van der Waals surface area contributed by atoms with Gasteiger partial charge >= 0.3 is 0 Å². The highest BCUT2D eigenvalue weighted by Gasteiger charge is 2.19. The molecule has 6 rings (SSSR count). The second-order valence-corrected chi connectivity index (χ2v) is 8.10. The largest absolute Gasteiger partial charge is 0.456 e. The van der Waals surface area contributed by atoms with E-state index in [0.29, 0.717) is 5.92 Å². The maximum absolute atomic E-state index is 6.25. The lowest BCUT2D eigenvalue weighted by atomic mass is 9.83. The maximum Gasteiger partial charge on any atom is 0.136 e. The van der Waals surface area contributed by atoms with Gasteiger partial charge in [-0.15, -0.1) is 0 Å². The van der Waals surface area contributed by atoms with Gasteiger partial charge in [0, 0.05) is 39.6 Å². The van der Waals surface area contributed by atoms with Crippen LogP contribution in [0.4, 0.5) is 0 Å². The lowest BCUT2D eigenvalue weighted by molar-refractivity contribution is 0.444. The lowest BCUT2D eigenvalue weighted by Gasteiger charge is -2.21. The van der Waals surface area contributed by atoms with Gasteiger partial charge < -0.3 is 8.98 Å². The molecule has 1 aliphatic carbocycles. The van der Waals surface area contributed by atoms with Crippen LogP contribution >= 0.6 is 0 Å². The van der Waals surface area contributed by atoms with E-state index < -0.39 is 0 Å². The van der Waals surface area contributed by atoms with Crippen LogP contribution in [-0.4, -0.2) is 4.57 Å². The van der Waals surface area contributed by atoms with Crippen molar-refractivity contribution < 1.29 is 4.42 Å². The number of aryl methyl sites for hydroxylation is 1. The topological polar surface area (TPSA) is 18.1 Å². The fourth-order valence-electron chi connectivity index (χ4n) is 5.22. The van der Waals surface area contributed by atoms with Crippen molar-refractivity contribution in [3.63, 3.8) is 0 Å². The first kappa shape index (κ1) is 15.3. The Bertz CT molecular complexity index is 1310. The molecule has 0 radical (unpaired) electrons. The van der Waals surface area contributed by atoms with Crippen LogP contribution in [0.3, 0.4) is 0 Å². The van der Waals surface area contributed by atoms with Crippen molar-refractivity contribution in [2.24, 2.45) is 7.05 Å². The Morgan fingerprint density at radius 3 is 2.48 bits per heavy atom. The minimum absolute atomic E-state index is 0.708. The van der Waals surface area contributed by atoms with Crippen LogP contribution in [0.2, 0.25) is 0 Å². The lowest BCUT2D eigenvalue weighted by Crippen LogP contribution is -2.03. The normalized spacial score (nSPS) is 16.2. The molecular weight excluding hydrogens is 330 g/mol. The molecular formula is C25H23NO. The molecule has 0 amide bonds. The number of benzene rings is 3. The molecule has 0 bridgehead atoms. The average Bonchev–Trinajstić information content (AvgIpc) is 3.24. The van der Waals surface area contributed by atoms with Crippen molar-refractivity contribution in [3.05, 3.63) is 60.2 Å². The van der Waals surface area contributed by atoms with E-state index in [9.17, 15) is 0 Å². The quantitative estimate of drug-likeness (QED) is 0.310. The number of fused-ring (bicyclic) bond motifs is 7. The third-order valence-electron chi connectivity index (χ3n) is 6.61. The van der Waals surface area contributed by atoms with Crippen LogP contribution in [0.5, 0.6) is 0 Å². The highest BCUT2D eigenvalue weighted by Crippen LogP contribution is 2.41. The number of nitrogens with zero attached hydrogens (tertiary/aromatic N) is 1. The van der Waals surface area contributed by atoms with Gasteiger partial charge in [0.05, 0.1) is 0 Å². The zero-order chi connectivity index (χ0) is 18.0. The Morgan fingerprint density at radius 1 is 0.778 bits per heavy atom. The fraction of sp³-hybridized carbons (Fsp3) is 0.280. The van der Waals surface area contributed by atoms with Gasteiger partial charge in [-0.25, -0.2) is 0 Å². The SMILES string of the molecule is Cn1c2ccccc2c2c3c(ccc21)oc1ccc(C2CCCCC2)cc13. The zero-order valence-corrected chi connectivity index (χ0v) is 15.7. The molecule has 0 spiro atoms. The van der Waals surface area contributed by atoms with Crippen LogP contribution in [0.25, 0.3) is 43.7 Å². The van der Waals surface area contributed by atoms with Gasteiger partial charge in [-0.1, -0.05) is 43.5 Å². The molecule has 0 saturated heterocycles. The molecule has 3 aromatic carbocycles. The van der Waals surface area contributed by atoms with Gasteiger partial charge in [0.1, 0.15) is 11.2 Å².